The molecule has 0 fully saturated rings. The summed E-state index contributed by atoms with van der Waals surface area (Å²) < 4.78 is 0. The standard InChI is InChI=1S/C17H14N2/c1-13-5-10-17(19-12-13)15-8-6-14(7-9-15)16-4-2-3-11-18-16/h2-12H,1H3. The van der Waals surface area contributed by atoms with E-state index in [1.807, 2.05) is 43.6 Å². The summed E-state index contributed by atoms with van der Waals surface area (Å²) in [6.45, 7) is 2.04. The highest BCUT2D eigenvalue weighted by Gasteiger charge is 2.01. The number of nitrogens with zero attached hydrogens (tertiary/aromatic N) is 2. The second-order valence-corrected chi connectivity index (χ2v) is 4.51. The number of hydrogen-bond acceptors (Lipinski definition) is 2. The minimum atomic E-state index is 0.992. The van der Waals surface area contributed by atoms with Crippen molar-refractivity contribution in [3.63, 3.8) is 0 Å². The van der Waals surface area contributed by atoms with Gasteiger partial charge in [-0.25, -0.2) is 0 Å². The zero-order valence-corrected chi connectivity index (χ0v) is 10.7. The normalized spacial score (nSPS) is 10.4. The van der Waals surface area contributed by atoms with Crippen LogP contribution in [0.15, 0.2) is 67.0 Å². The maximum absolute atomic E-state index is 4.44. The Bertz CT molecular complexity index is 656. The quantitative estimate of drug-likeness (QED) is 0.679. The highest BCUT2D eigenvalue weighted by atomic mass is 14.7. The van der Waals surface area contributed by atoms with Gasteiger partial charge in [0.1, 0.15) is 0 Å². The lowest BCUT2D eigenvalue weighted by atomic mass is 10.1. The molecule has 1 aromatic carbocycles. The molecule has 2 heterocycles. The minimum Gasteiger partial charge on any atom is -0.256 e. The second kappa shape index (κ2) is 5.02. The van der Waals surface area contributed by atoms with Crippen molar-refractivity contribution in [2.24, 2.45) is 0 Å². The van der Waals surface area contributed by atoms with Crippen LogP contribution in [0.5, 0.6) is 0 Å². The van der Waals surface area contributed by atoms with E-state index in [2.05, 4.69) is 40.3 Å². The first-order chi connectivity index (χ1) is 9.33. The largest absolute Gasteiger partial charge is 0.256 e. The van der Waals surface area contributed by atoms with Gasteiger partial charge in [0, 0.05) is 23.5 Å². The van der Waals surface area contributed by atoms with Gasteiger partial charge in [-0.3, -0.25) is 9.97 Å². The third kappa shape index (κ3) is 2.52. The Labute approximate surface area is 112 Å². The van der Waals surface area contributed by atoms with Gasteiger partial charge in [-0.1, -0.05) is 36.4 Å². The van der Waals surface area contributed by atoms with Crippen molar-refractivity contribution < 1.29 is 0 Å². The molecule has 0 radical (unpaired) electrons. The van der Waals surface area contributed by atoms with Crippen molar-refractivity contribution in [1.29, 1.82) is 0 Å². The van der Waals surface area contributed by atoms with Crippen molar-refractivity contribution in [2.45, 2.75) is 6.92 Å². The Balaban J connectivity index is 1.93. The molecule has 0 aliphatic carbocycles. The first kappa shape index (κ1) is 11.6. The second-order valence-electron chi connectivity index (χ2n) is 4.51. The molecule has 92 valence electrons. The molecule has 19 heavy (non-hydrogen) atoms. The van der Waals surface area contributed by atoms with E-state index in [0.29, 0.717) is 0 Å². The molecular formula is C17H14N2. The average Bonchev–Trinajstić information content (AvgIpc) is 2.49. The van der Waals surface area contributed by atoms with E-state index in [4.69, 9.17) is 0 Å². The van der Waals surface area contributed by atoms with Crippen LogP contribution in [-0.2, 0) is 0 Å². The number of aromatic nitrogens is 2. The van der Waals surface area contributed by atoms with E-state index < -0.39 is 0 Å². The number of benzene rings is 1. The number of pyridine rings is 2. The van der Waals surface area contributed by atoms with Crippen molar-refractivity contribution in [3.8, 4) is 22.5 Å². The molecule has 0 unspecified atom stereocenters. The van der Waals surface area contributed by atoms with E-state index in [9.17, 15) is 0 Å². The highest BCUT2D eigenvalue weighted by molar-refractivity contribution is 5.66. The molecule has 3 rings (SSSR count). The van der Waals surface area contributed by atoms with Gasteiger partial charge in [0.05, 0.1) is 11.4 Å². The summed E-state index contributed by atoms with van der Waals surface area (Å²) in [6.07, 6.45) is 3.70. The topological polar surface area (TPSA) is 25.8 Å². The molecule has 0 saturated carbocycles. The summed E-state index contributed by atoms with van der Waals surface area (Å²) in [6, 6.07) is 18.4. The molecule has 3 aromatic rings. The molecule has 0 bridgehead atoms. The summed E-state index contributed by atoms with van der Waals surface area (Å²) in [5, 5.41) is 0. The van der Waals surface area contributed by atoms with E-state index in [-0.39, 0.29) is 0 Å². The molecule has 2 aromatic heterocycles. The van der Waals surface area contributed by atoms with E-state index in [0.717, 1.165) is 22.5 Å². The lowest BCUT2D eigenvalue weighted by molar-refractivity contribution is 1.27. The van der Waals surface area contributed by atoms with Crippen LogP contribution in [0, 0.1) is 6.92 Å². The molecule has 0 spiro atoms. The van der Waals surface area contributed by atoms with Gasteiger partial charge < -0.3 is 0 Å². The fourth-order valence-electron chi connectivity index (χ4n) is 1.98. The lowest BCUT2D eigenvalue weighted by Crippen LogP contribution is -1.85. The van der Waals surface area contributed by atoms with Crippen molar-refractivity contribution in [3.05, 3.63) is 72.6 Å². The van der Waals surface area contributed by atoms with Gasteiger partial charge >= 0.3 is 0 Å². The molecule has 0 amide bonds. The first-order valence-corrected chi connectivity index (χ1v) is 6.27. The number of aryl methyl sites for hydroxylation is 1. The van der Waals surface area contributed by atoms with Gasteiger partial charge in [-0.15, -0.1) is 0 Å². The molecule has 0 aliphatic rings. The zero-order chi connectivity index (χ0) is 13.1. The monoisotopic (exact) mass is 246 g/mol. The minimum absolute atomic E-state index is 0.992. The highest BCUT2D eigenvalue weighted by Crippen LogP contribution is 2.22. The fourth-order valence-corrected chi connectivity index (χ4v) is 1.98. The molecular weight excluding hydrogens is 232 g/mol. The Kier molecular flexibility index (Phi) is 3.07. The van der Waals surface area contributed by atoms with Gasteiger partial charge in [-0.05, 0) is 30.7 Å². The van der Waals surface area contributed by atoms with Gasteiger partial charge in [0.15, 0.2) is 0 Å². The SMILES string of the molecule is Cc1ccc(-c2ccc(-c3ccccn3)cc2)nc1. The molecule has 0 atom stereocenters. The van der Waals surface area contributed by atoms with Crippen LogP contribution in [0.4, 0.5) is 0 Å². The fraction of sp³-hybridized carbons (Fsp3) is 0.0588. The van der Waals surface area contributed by atoms with Crippen LogP contribution in [0.1, 0.15) is 5.56 Å². The molecule has 2 nitrogen and oxygen atoms in total. The third-order valence-corrected chi connectivity index (χ3v) is 3.05. The maximum Gasteiger partial charge on any atom is 0.0702 e. The van der Waals surface area contributed by atoms with Crippen LogP contribution in [-0.4, -0.2) is 9.97 Å². The molecule has 0 saturated heterocycles. The number of rotatable bonds is 2. The smallest absolute Gasteiger partial charge is 0.0702 e. The van der Waals surface area contributed by atoms with Crippen LogP contribution in [0.2, 0.25) is 0 Å². The van der Waals surface area contributed by atoms with Crippen molar-refractivity contribution in [1.82, 2.24) is 9.97 Å². The number of hydrogen-bond donors (Lipinski definition) is 0. The van der Waals surface area contributed by atoms with Crippen molar-refractivity contribution >= 4 is 0 Å². The molecule has 0 N–H and O–H groups in total. The zero-order valence-electron chi connectivity index (χ0n) is 10.7. The third-order valence-electron chi connectivity index (χ3n) is 3.05. The molecule has 2 heteroatoms. The lowest BCUT2D eigenvalue weighted by Gasteiger charge is -2.04. The summed E-state index contributed by atoms with van der Waals surface area (Å²) >= 11 is 0. The Morgan fingerprint density at radius 2 is 1.37 bits per heavy atom. The van der Waals surface area contributed by atoms with Crippen molar-refractivity contribution in [2.75, 3.05) is 0 Å². The summed E-state index contributed by atoms with van der Waals surface area (Å²) in [4.78, 5) is 8.78. The summed E-state index contributed by atoms with van der Waals surface area (Å²) in [7, 11) is 0. The van der Waals surface area contributed by atoms with E-state index >= 15 is 0 Å². The Hall–Kier alpha value is -2.48. The van der Waals surface area contributed by atoms with Gasteiger partial charge in [0.2, 0.25) is 0 Å². The van der Waals surface area contributed by atoms with Gasteiger partial charge in [-0.2, -0.15) is 0 Å². The van der Waals surface area contributed by atoms with Crippen LogP contribution >= 0.6 is 0 Å². The average molecular weight is 246 g/mol. The predicted octanol–water partition coefficient (Wildman–Crippen LogP) is 4.12. The summed E-state index contributed by atoms with van der Waals surface area (Å²) in [5.74, 6) is 0. The van der Waals surface area contributed by atoms with Crippen LogP contribution < -0.4 is 0 Å². The van der Waals surface area contributed by atoms with E-state index in [1.165, 1.54) is 5.56 Å². The van der Waals surface area contributed by atoms with Crippen LogP contribution in [0.25, 0.3) is 22.5 Å². The predicted molar refractivity (Wildman–Crippen MR) is 77.6 cm³/mol. The Morgan fingerprint density at radius 3 is 1.89 bits per heavy atom. The van der Waals surface area contributed by atoms with Crippen LogP contribution in [0.3, 0.4) is 0 Å². The summed E-state index contributed by atoms with van der Waals surface area (Å²) in [5.41, 5.74) is 5.41. The Morgan fingerprint density at radius 1 is 0.684 bits per heavy atom. The molecule has 0 aliphatic heterocycles. The van der Waals surface area contributed by atoms with Gasteiger partial charge in [0.25, 0.3) is 0 Å². The maximum atomic E-state index is 4.44. The van der Waals surface area contributed by atoms with E-state index in [1.54, 1.807) is 0 Å². The first-order valence-electron chi connectivity index (χ1n) is 6.27.